The summed E-state index contributed by atoms with van der Waals surface area (Å²) in [6.45, 7) is -1.21. The number of carbonyl (C=O) groups excluding carboxylic acids is 2. The van der Waals surface area contributed by atoms with E-state index >= 15 is 0 Å². The van der Waals surface area contributed by atoms with E-state index in [0.29, 0.717) is 17.8 Å². The van der Waals surface area contributed by atoms with Crippen LogP contribution in [0.3, 0.4) is 0 Å². The second kappa shape index (κ2) is 8.22. The van der Waals surface area contributed by atoms with Crippen LogP contribution in [0.4, 0.5) is 8.78 Å². The van der Waals surface area contributed by atoms with Crippen LogP contribution in [-0.2, 0) is 29.2 Å². The van der Waals surface area contributed by atoms with Gasteiger partial charge < -0.3 is 14.0 Å². The summed E-state index contributed by atoms with van der Waals surface area (Å²) in [6.07, 6.45) is 7.00. The van der Waals surface area contributed by atoms with Crippen molar-refractivity contribution in [2.75, 3.05) is 13.2 Å². The average Bonchev–Trinajstić information content (AvgIpc) is 2.48. The van der Waals surface area contributed by atoms with E-state index in [9.17, 15) is 31.3 Å². The quantitative estimate of drug-likeness (QED) is 0.222. The first-order valence-electron chi connectivity index (χ1n) is 8.67. The molecule has 4 rings (SSSR count). The first-order chi connectivity index (χ1) is 12.0. The van der Waals surface area contributed by atoms with Crippen molar-refractivity contribution < 1.29 is 70.4 Å². The molecule has 4 aliphatic carbocycles. The molecule has 0 N–H and O–H groups in total. The summed E-state index contributed by atoms with van der Waals surface area (Å²) in [5.41, 5.74) is -0.0355. The predicted molar refractivity (Wildman–Crippen MR) is 81.8 cm³/mol. The van der Waals surface area contributed by atoms with Gasteiger partial charge in [-0.3, -0.25) is 4.79 Å². The molecular formula is C16H21F2NaO7S. The molecule has 4 aliphatic rings. The van der Waals surface area contributed by atoms with Gasteiger partial charge >= 0.3 is 46.8 Å². The Hall–Kier alpha value is -0.290. The van der Waals surface area contributed by atoms with E-state index in [0.717, 1.165) is 19.3 Å². The summed E-state index contributed by atoms with van der Waals surface area (Å²) in [4.78, 5) is 23.0. The Morgan fingerprint density at radius 1 is 1.00 bits per heavy atom. The first-order valence-corrected chi connectivity index (χ1v) is 10.1. The van der Waals surface area contributed by atoms with Gasteiger partial charge in [0.25, 0.3) is 0 Å². The monoisotopic (exact) mass is 418 g/mol. The van der Waals surface area contributed by atoms with E-state index in [-0.39, 0.29) is 41.4 Å². The summed E-state index contributed by atoms with van der Waals surface area (Å²) in [6, 6.07) is 0. The largest absolute Gasteiger partial charge is 1.00 e. The van der Waals surface area contributed by atoms with Gasteiger partial charge in [-0.05, 0) is 61.7 Å². The van der Waals surface area contributed by atoms with Gasteiger partial charge in [0.15, 0.2) is 10.1 Å². The Morgan fingerprint density at radius 3 is 1.89 bits per heavy atom. The molecule has 0 amide bonds. The SMILES string of the molecule is O=C(CC12CC3CC(CC(C3)C1)C2)OCCOC(=O)C(F)(F)S(=O)(=O)[O-].[Na+]. The molecule has 7 nitrogen and oxygen atoms in total. The second-order valence-electron chi connectivity index (χ2n) is 7.92. The van der Waals surface area contributed by atoms with Crippen LogP contribution in [0, 0.1) is 23.2 Å². The smallest absolute Gasteiger partial charge is 0.743 e. The number of carbonyl (C=O) groups is 2. The van der Waals surface area contributed by atoms with Crippen molar-refractivity contribution in [3.05, 3.63) is 0 Å². The van der Waals surface area contributed by atoms with Crippen LogP contribution in [-0.4, -0.2) is 43.4 Å². The van der Waals surface area contributed by atoms with E-state index in [1.165, 1.54) is 19.3 Å². The maximum Gasteiger partial charge on any atom is 1.00 e. The average molecular weight is 418 g/mol. The molecule has 0 unspecified atom stereocenters. The third-order valence-electron chi connectivity index (χ3n) is 5.82. The Balaban J connectivity index is 0.00000261. The van der Waals surface area contributed by atoms with Crippen LogP contribution in [0.1, 0.15) is 44.9 Å². The fraction of sp³-hybridized carbons (Fsp3) is 0.875. The number of rotatable bonds is 7. The topological polar surface area (TPSA) is 110 Å². The van der Waals surface area contributed by atoms with Crippen molar-refractivity contribution in [2.24, 2.45) is 23.2 Å². The molecule has 0 radical (unpaired) electrons. The summed E-state index contributed by atoms with van der Waals surface area (Å²) >= 11 is 0. The molecule has 11 heteroatoms. The van der Waals surface area contributed by atoms with Gasteiger partial charge in [-0.15, -0.1) is 0 Å². The zero-order valence-electron chi connectivity index (χ0n) is 15.1. The number of esters is 2. The minimum absolute atomic E-state index is 0. The Kier molecular flexibility index (Phi) is 7.00. The zero-order valence-corrected chi connectivity index (χ0v) is 17.9. The summed E-state index contributed by atoms with van der Waals surface area (Å²) < 4.78 is 65.7. The normalized spacial score (nSPS) is 31.9. The van der Waals surface area contributed by atoms with Crippen LogP contribution in [0.15, 0.2) is 0 Å². The van der Waals surface area contributed by atoms with Crippen molar-refractivity contribution in [2.45, 2.75) is 50.2 Å². The molecule has 0 atom stereocenters. The molecule has 0 aromatic rings. The first kappa shape index (κ1) is 23.0. The van der Waals surface area contributed by atoms with Crippen LogP contribution < -0.4 is 29.6 Å². The van der Waals surface area contributed by atoms with Gasteiger partial charge in [-0.2, -0.15) is 8.78 Å². The van der Waals surface area contributed by atoms with Gasteiger partial charge in [-0.25, -0.2) is 13.2 Å². The molecule has 0 aromatic heterocycles. The van der Waals surface area contributed by atoms with Gasteiger partial charge in [-0.1, -0.05) is 0 Å². The molecular weight excluding hydrogens is 397 g/mol. The molecule has 4 bridgehead atoms. The van der Waals surface area contributed by atoms with Gasteiger partial charge in [0.1, 0.15) is 13.2 Å². The molecule has 0 aromatic carbocycles. The third-order valence-corrected chi connectivity index (χ3v) is 6.61. The van der Waals surface area contributed by atoms with Crippen molar-refractivity contribution >= 4 is 22.1 Å². The van der Waals surface area contributed by atoms with Crippen molar-refractivity contribution in [3.8, 4) is 0 Å². The molecule has 27 heavy (non-hydrogen) atoms. The molecule has 0 saturated heterocycles. The van der Waals surface area contributed by atoms with E-state index in [1.54, 1.807) is 0 Å². The number of halogens is 2. The number of hydrogen-bond acceptors (Lipinski definition) is 7. The molecule has 0 aliphatic heterocycles. The molecule has 4 saturated carbocycles. The van der Waals surface area contributed by atoms with Crippen LogP contribution in [0.2, 0.25) is 0 Å². The van der Waals surface area contributed by atoms with E-state index < -0.39 is 40.5 Å². The van der Waals surface area contributed by atoms with Crippen molar-refractivity contribution in [1.29, 1.82) is 0 Å². The fourth-order valence-corrected chi connectivity index (χ4v) is 5.60. The maximum atomic E-state index is 12.9. The van der Waals surface area contributed by atoms with Crippen molar-refractivity contribution in [3.63, 3.8) is 0 Å². The Labute approximate surface area is 178 Å². The predicted octanol–water partition coefficient (Wildman–Crippen LogP) is -1.18. The molecule has 0 heterocycles. The second-order valence-corrected chi connectivity index (χ2v) is 9.34. The number of hydrogen-bond donors (Lipinski definition) is 0. The number of alkyl halides is 2. The minimum atomic E-state index is -6.15. The molecule has 4 fully saturated rings. The number of ether oxygens (including phenoxy) is 2. The van der Waals surface area contributed by atoms with E-state index in [1.807, 2.05) is 0 Å². The van der Waals surface area contributed by atoms with Crippen molar-refractivity contribution in [1.82, 2.24) is 0 Å². The van der Waals surface area contributed by atoms with E-state index in [4.69, 9.17) is 4.74 Å². The summed E-state index contributed by atoms with van der Waals surface area (Å²) in [7, 11) is -6.15. The Bertz CT molecular complexity index is 660. The van der Waals surface area contributed by atoms with Gasteiger partial charge in [0.05, 0.1) is 6.42 Å². The van der Waals surface area contributed by atoms with Crippen LogP contribution in [0.5, 0.6) is 0 Å². The van der Waals surface area contributed by atoms with Crippen LogP contribution in [0.25, 0.3) is 0 Å². The minimum Gasteiger partial charge on any atom is -0.743 e. The standard InChI is InChI=1S/C16H22F2O7S.Na/c17-16(18,26(21,22)23)14(20)25-2-1-24-13(19)9-15-6-10-3-11(7-15)5-12(4-10)8-15;/h10-12H,1-9H2,(H,21,22,23);/q;+1/p-1. The zero-order chi connectivity index (χ0) is 19.2. The van der Waals surface area contributed by atoms with Gasteiger partial charge in [0.2, 0.25) is 0 Å². The fourth-order valence-electron chi connectivity index (χ4n) is 5.34. The van der Waals surface area contributed by atoms with E-state index in [2.05, 4.69) is 4.74 Å². The molecule has 0 spiro atoms. The summed E-state index contributed by atoms with van der Waals surface area (Å²) in [5, 5.41) is -5.16. The molecule has 148 valence electrons. The van der Waals surface area contributed by atoms with Crippen LogP contribution >= 0.6 is 0 Å². The Morgan fingerprint density at radius 2 is 1.44 bits per heavy atom. The maximum absolute atomic E-state index is 12.9. The van der Waals surface area contributed by atoms with Gasteiger partial charge in [0, 0.05) is 0 Å². The summed E-state index contributed by atoms with van der Waals surface area (Å²) in [5.74, 6) is -0.931. The third kappa shape index (κ3) is 5.01.